The largest absolute Gasteiger partial charge is 0.404 e. The number of aldehydes is 1. The van der Waals surface area contributed by atoms with E-state index in [-0.39, 0.29) is 24.2 Å². The quantitative estimate of drug-likeness (QED) is 0.316. The third-order valence-corrected chi connectivity index (χ3v) is 9.43. The van der Waals surface area contributed by atoms with E-state index in [4.69, 9.17) is 25.2 Å². The van der Waals surface area contributed by atoms with Gasteiger partial charge in [0.2, 0.25) is 0 Å². The summed E-state index contributed by atoms with van der Waals surface area (Å²) in [5, 5.41) is 10.9. The highest BCUT2D eigenvalue weighted by atomic mass is 16.5. The topological polar surface area (TPSA) is 110 Å². The highest BCUT2D eigenvalue weighted by Crippen LogP contribution is 2.39. The Labute approximate surface area is 227 Å². The van der Waals surface area contributed by atoms with Gasteiger partial charge in [-0.2, -0.15) is 0 Å². The maximum absolute atomic E-state index is 10.9. The number of carbonyl (C=O) groups is 1. The highest BCUT2D eigenvalue weighted by Gasteiger charge is 2.37. The molecule has 0 amide bonds. The molecule has 3 unspecified atom stereocenters. The van der Waals surface area contributed by atoms with Crippen molar-refractivity contribution in [2.24, 2.45) is 45.3 Å². The second-order valence-corrected chi connectivity index (χ2v) is 12.3. The number of aliphatic hydroxyl groups excluding tert-OH is 1. The van der Waals surface area contributed by atoms with Gasteiger partial charge in [-0.3, -0.25) is 9.98 Å². The van der Waals surface area contributed by atoms with Crippen molar-refractivity contribution in [2.75, 3.05) is 32.9 Å². The molecule has 2 aliphatic carbocycles. The summed E-state index contributed by atoms with van der Waals surface area (Å²) in [7, 11) is 0. The van der Waals surface area contributed by atoms with Gasteiger partial charge in [-0.05, 0) is 92.9 Å². The molecule has 5 rings (SSSR count). The number of aliphatic hydroxyl groups is 1. The predicted octanol–water partition coefficient (Wildman–Crippen LogP) is 3.15. The van der Waals surface area contributed by atoms with Crippen LogP contribution in [0.3, 0.4) is 0 Å². The van der Waals surface area contributed by atoms with Gasteiger partial charge in [-0.15, -0.1) is 0 Å². The van der Waals surface area contributed by atoms with Crippen LogP contribution in [0, 0.1) is 29.6 Å². The molecule has 3 aliphatic heterocycles. The first-order valence-electron chi connectivity index (χ1n) is 14.8. The van der Waals surface area contributed by atoms with Gasteiger partial charge in [0.25, 0.3) is 0 Å². The zero-order valence-corrected chi connectivity index (χ0v) is 22.9. The van der Waals surface area contributed by atoms with Gasteiger partial charge in [0.15, 0.2) is 0 Å². The van der Waals surface area contributed by atoms with Crippen LogP contribution in [0.5, 0.6) is 0 Å². The third-order valence-electron chi connectivity index (χ3n) is 9.43. The van der Waals surface area contributed by atoms with Crippen molar-refractivity contribution in [3.8, 4) is 0 Å². The second-order valence-electron chi connectivity index (χ2n) is 12.3. The van der Waals surface area contributed by atoms with Crippen LogP contribution in [-0.4, -0.2) is 85.9 Å². The minimum absolute atomic E-state index is 0.174. The number of ether oxygens (including phenoxy) is 2. The SMILES string of the molecule is C[C@@H](CC1CN(C2=CC(C3CC(C=O)C3)N=C2)CCO1)CC(O)C1CC(N=CC(=CN)C2CCOCC2)C1. The summed E-state index contributed by atoms with van der Waals surface area (Å²) in [6.45, 7) is 6.31. The Bertz CT molecular complexity index is 915. The molecule has 3 heterocycles. The van der Waals surface area contributed by atoms with Crippen LogP contribution in [0.4, 0.5) is 0 Å². The molecule has 2 saturated carbocycles. The molecule has 5 aliphatic rings. The number of hydrogen-bond donors (Lipinski definition) is 2. The molecule has 0 aromatic carbocycles. The Hall–Kier alpha value is -2.03. The molecule has 0 radical (unpaired) electrons. The molecule has 4 atom stereocenters. The number of rotatable bonds is 11. The van der Waals surface area contributed by atoms with E-state index in [9.17, 15) is 9.90 Å². The number of hydrogen-bond acceptors (Lipinski definition) is 8. The van der Waals surface area contributed by atoms with Crippen LogP contribution >= 0.6 is 0 Å². The Morgan fingerprint density at radius 1 is 1.26 bits per heavy atom. The first kappa shape index (κ1) is 27.5. The number of carbonyl (C=O) groups excluding carboxylic acids is 1. The number of aliphatic imine (C=N–C) groups is 2. The van der Waals surface area contributed by atoms with Crippen LogP contribution in [-0.2, 0) is 14.3 Å². The molecule has 8 nitrogen and oxygen atoms in total. The van der Waals surface area contributed by atoms with Gasteiger partial charge in [0, 0.05) is 44.7 Å². The Morgan fingerprint density at radius 3 is 2.79 bits per heavy atom. The molecular weight excluding hydrogens is 480 g/mol. The molecule has 3 N–H and O–H groups in total. The third kappa shape index (κ3) is 6.75. The fraction of sp³-hybridized carbons (Fsp3) is 0.767. The molecule has 2 saturated heterocycles. The van der Waals surface area contributed by atoms with Gasteiger partial charge < -0.3 is 30.0 Å². The fourth-order valence-corrected chi connectivity index (χ4v) is 6.79. The van der Waals surface area contributed by atoms with Crippen LogP contribution in [0.2, 0.25) is 0 Å². The molecule has 210 valence electrons. The van der Waals surface area contributed by atoms with Gasteiger partial charge in [0.05, 0.1) is 36.6 Å². The molecule has 8 heteroatoms. The molecule has 4 fully saturated rings. The summed E-state index contributed by atoms with van der Waals surface area (Å²) in [4.78, 5) is 22.8. The Balaban J connectivity index is 1.01. The average molecular weight is 527 g/mol. The van der Waals surface area contributed by atoms with Gasteiger partial charge >= 0.3 is 0 Å². The molecule has 0 aromatic heterocycles. The summed E-state index contributed by atoms with van der Waals surface area (Å²) >= 11 is 0. The van der Waals surface area contributed by atoms with Crippen molar-refractivity contribution in [2.45, 2.75) is 82.6 Å². The predicted molar refractivity (Wildman–Crippen MR) is 149 cm³/mol. The standard InChI is InChI=1S/C30H46N4O4/c1-20(9-30(36)24-12-26(13-24)32-16-25(15-31)22-2-5-37-6-3-22)8-28-18-34(4-7-38-28)27-14-29(33-17-27)23-10-21(11-23)19-35/h14-17,19-24,26,28-30,36H,2-13,18,31H2,1H3/t20-,21?,23?,24?,26?,28?,29?,30?/m0/s1. The lowest BCUT2D eigenvalue weighted by Crippen LogP contribution is -2.43. The molecule has 0 bridgehead atoms. The monoisotopic (exact) mass is 526 g/mol. The van der Waals surface area contributed by atoms with E-state index in [0.29, 0.717) is 29.7 Å². The molecule has 38 heavy (non-hydrogen) atoms. The lowest BCUT2D eigenvalue weighted by molar-refractivity contribution is -0.114. The van der Waals surface area contributed by atoms with Crippen LogP contribution in [0.25, 0.3) is 0 Å². The van der Waals surface area contributed by atoms with Crippen molar-refractivity contribution in [3.05, 3.63) is 23.5 Å². The minimum atomic E-state index is -0.278. The Kier molecular flexibility index (Phi) is 9.33. The van der Waals surface area contributed by atoms with Crippen molar-refractivity contribution in [1.82, 2.24) is 4.90 Å². The van der Waals surface area contributed by atoms with E-state index in [0.717, 1.165) is 96.1 Å². The van der Waals surface area contributed by atoms with Crippen LogP contribution in [0.1, 0.15) is 58.3 Å². The summed E-state index contributed by atoms with van der Waals surface area (Å²) in [6, 6.07) is 0.524. The van der Waals surface area contributed by atoms with Gasteiger partial charge in [-0.25, -0.2) is 0 Å². The average Bonchev–Trinajstić information content (AvgIpc) is 3.35. The zero-order valence-electron chi connectivity index (χ0n) is 22.9. The van der Waals surface area contributed by atoms with Crippen molar-refractivity contribution in [3.63, 3.8) is 0 Å². The zero-order chi connectivity index (χ0) is 26.5. The van der Waals surface area contributed by atoms with E-state index < -0.39 is 0 Å². The summed E-state index contributed by atoms with van der Waals surface area (Å²) < 4.78 is 11.6. The Morgan fingerprint density at radius 2 is 2.05 bits per heavy atom. The number of allylic oxidation sites excluding steroid dienone is 2. The van der Waals surface area contributed by atoms with Crippen molar-refractivity contribution >= 4 is 18.7 Å². The van der Waals surface area contributed by atoms with Gasteiger partial charge in [0.1, 0.15) is 6.29 Å². The first-order chi connectivity index (χ1) is 18.5. The second kappa shape index (κ2) is 12.9. The molecule has 0 aromatic rings. The molecule has 0 spiro atoms. The van der Waals surface area contributed by atoms with E-state index in [1.54, 1.807) is 6.20 Å². The van der Waals surface area contributed by atoms with Crippen molar-refractivity contribution in [1.29, 1.82) is 0 Å². The van der Waals surface area contributed by atoms with Crippen LogP contribution in [0.15, 0.2) is 33.5 Å². The normalized spacial score (nSPS) is 36.0. The lowest BCUT2D eigenvalue weighted by Gasteiger charge is -2.38. The number of nitrogens with two attached hydrogens (primary N) is 1. The van der Waals surface area contributed by atoms with Crippen LogP contribution < -0.4 is 5.73 Å². The molecular formula is C30H46N4O4. The van der Waals surface area contributed by atoms with E-state index in [2.05, 4.69) is 17.9 Å². The highest BCUT2D eigenvalue weighted by molar-refractivity contribution is 5.81. The first-order valence-corrected chi connectivity index (χ1v) is 14.8. The summed E-state index contributed by atoms with van der Waals surface area (Å²) in [5.41, 5.74) is 8.20. The van der Waals surface area contributed by atoms with E-state index in [1.165, 1.54) is 5.70 Å². The van der Waals surface area contributed by atoms with E-state index in [1.807, 2.05) is 12.4 Å². The number of nitrogens with zero attached hydrogens (tertiary/aromatic N) is 3. The minimum Gasteiger partial charge on any atom is -0.404 e. The maximum atomic E-state index is 10.9. The van der Waals surface area contributed by atoms with Gasteiger partial charge in [-0.1, -0.05) is 6.92 Å². The van der Waals surface area contributed by atoms with Crippen molar-refractivity contribution < 1.29 is 19.4 Å². The number of morpholine rings is 1. The smallest absolute Gasteiger partial charge is 0.123 e. The summed E-state index contributed by atoms with van der Waals surface area (Å²) in [6.07, 6.45) is 16.6. The maximum Gasteiger partial charge on any atom is 0.123 e. The summed E-state index contributed by atoms with van der Waals surface area (Å²) in [5.74, 6) is 1.93. The van der Waals surface area contributed by atoms with E-state index >= 15 is 0 Å². The lowest BCUT2D eigenvalue weighted by atomic mass is 9.72. The fourth-order valence-electron chi connectivity index (χ4n) is 6.79.